The van der Waals surface area contributed by atoms with Crippen molar-refractivity contribution in [1.82, 2.24) is 35.0 Å². The van der Waals surface area contributed by atoms with E-state index in [0.29, 0.717) is 11.5 Å². The van der Waals surface area contributed by atoms with Crippen molar-refractivity contribution in [3.05, 3.63) is 42.1 Å². The Morgan fingerprint density at radius 1 is 1.23 bits per heavy atom. The summed E-state index contributed by atoms with van der Waals surface area (Å²) in [6.07, 6.45) is 3.42. The molecule has 3 aromatic heterocycles. The van der Waals surface area contributed by atoms with E-state index in [1.54, 1.807) is 17.1 Å². The van der Waals surface area contributed by atoms with Crippen molar-refractivity contribution in [2.75, 3.05) is 5.43 Å². The number of hydrogen-bond donors (Lipinski definition) is 1. The molecule has 0 atom stereocenters. The molecule has 1 N–H and O–H groups in total. The Hall–Kier alpha value is -3.36. The molecular formula is C13H11N9. The van der Waals surface area contributed by atoms with Gasteiger partial charge in [-0.15, -0.1) is 14.8 Å². The van der Waals surface area contributed by atoms with Crippen molar-refractivity contribution >= 4 is 28.6 Å². The Morgan fingerprint density at radius 2 is 2.09 bits per heavy atom. The molecule has 0 fully saturated rings. The number of rotatable bonds is 3. The molecule has 3 heterocycles. The fourth-order valence-corrected chi connectivity index (χ4v) is 2.22. The minimum atomic E-state index is 0.530. The van der Waals surface area contributed by atoms with E-state index in [4.69, 9.17) is 0 Å². The maximum absolute atomic E-state index is 4.32. The van der Waals surface area contributed by atoms with E-state index in [2.05, 4.69) is 36.3 Å². The highest BCUT2D eigenvalue weighted by molar-refractivity contribution is 5.97. The number of nitrogens with one attached hydrogen (secondary N) is 1. The Kier molecular flexibility index (Phi) is 2.75. The normalized spacial score (nSPS) is 11.7. The molecule has 108 valence electrons. The summed E-state index contributed by atoms with van der Waals surface area (Å²) in [4.78, 5) is 0. The maximum atomic E-state index is 4.32. The molecule has 0 aliphatic heterocycles. The highest BCUT2D eigenvalue weighted by Gasteiger charge is 2.14. The number of hydrogen-bond acceptors (Lipinski definition) is 7. The largest absolute Gasteiger partial charge is 0.264 e. The molecule has 0 aliphatic carbocycles. The van der Waals surface area contributed by atoms with E-state index in [1.165, 1.54) is 4.63 Å². The Labute approximate surface area is 124 Å². The van der Waals surface area contributed by atoms with Gasteiger partial charge in [-0.25, -0.2) is 0 Å². The van der Waals surface area contributed by atoms with Gasteiger partial charge in [-0.1, -0.05) is 30.3 Å². The number of hydrazone groups is 1. The van der Waals surface area contributed by atoms with Crippen LogP contribution < -0.4 is 5.43 Å². The van der Waals surface area contributed by atoms with Crippen molar-refractivity contribution in [2.24, 2.45) is 12.1 Å². The topological polar surface area (TPSA) is 98.2 Å². The van der Waals surface area contributed by atoms with Gasteiger partial charge in [0.1, 0.15) is 5.52 Å². The minimum Gasteiger partial charge on any atom is -0.264 e. The summed E-state index contributed by atoms with van der Waals surface area (Å²) in [5, 5.41) is 25.0. The van der Waals surface area contributed by atoms with Gasteiger partial charge >= 0.3 is 0 Å². The Morgan fingerprint density at radius 3 is 2.95 bits per heavy atom. The van der Waals surface area contributed by atoms with E-state index < -0.39 is 0 Å². The van der Waals surface area contributed by atoms with Crippen LogP contribution in [0.25, 0.3) is 16.6 Å². The molecule has 0 aliphatic rings. The van der Waals surface area contributed by atoms with Crippen molar-refractivity contribution in [3.63, 3.8) is 0 Å². The molecule has 0 unspecified atom stereocenters. The average molecular weight is 293 g/mol. The Balaban J connectivity index is 1.76. The fourth-order valence-electron chi connectivity index (χ4n) is 2.22. The summed E-state index contributed by atoms with van der Waals surface area (Å²) < 4.78 is 3.06. The number of tetrazole rings is 1. The Bertz CT molecular complexity index is 967. The number of aryl methyl sites for hydroxylation is 1. The quantitative estimate of drug-likeness (QED) is 0.444. The van der Waals surface area contributed by atoms with Crippen molar-refractivity contribution in [3.8, 4) is 0 Å². The van der Waals surface area contributed by atoms with Crippen LogP contribution in [-0.2, 0) is 7.05 Å². The highest BCUT2D eigenvalue weighted by Crippen LogP contribution is 2.22. The molecule has 22 heavy (non-hydrogen) atoms. The lowest BCUT2D eigenvalue weighted by Gasteiger charge is -2.03. The van der Waals surface area contributed by atoms with E-state index in [1.807, 2.05) is 37.4 Å². The monoisotopic (exact) mass is 293 g/mol. The first-order valence-corrected chi connectivity index (χ1v) is 6.57. The minimum absolute atomic E-state index is 0.530. The van der Waals surface area contributed by atoms with Gasteiger partial charge in [0, 0.05) is 7.05 Å². The molecule has 4 aromatic rings. The summed E-state index contributed by atoms with van der Waals surface area (Å²) in [6, 6.07) is 9.78. The first-order chi connectivity index (χ1) is 10.8. The number of fused-ring (bicyclic) bond motifs is 3. The second kappa shape index (κ2) is 4.88. The number of anilines is 1. The van der Waals surface area contributed by atoms with E-state index in [0.717, 1.165) is 16.5 Å². The lowest BCUT2D eigenvalue weighted by atomic mass is 10.2. The van der Waals surface area contributed by atoms with Crippen molar-refractivity contribution in [1.29, 1.82) is 0 Å². The van der Waals surface area contributed by atoms with E-state index in [-0.39, 0.29) is 0 Å². The van der Waals surface area contributed by atoms with E-state index in [9.17, 15) is 0 Å². The lowest BCUT2D eigenvalue weighted by Crippen LogP contribution is -2.04. The molecule has 9 nitrogen and oxygen atoms in total. The first-order valence-electron chi connectivity index (χ1n) is 6.57. The van der Waals surface area contributed by atoms with Gasteiger partial charge in [-0.3, -0.25) is 10.1 Å². The molecule has 1 aromatic carbocycles. The predicted octanol–water partition coefficient (Wildman–Crippen LogP) is 0.852. The maximum Gasteiger partial charge on any atom is 0.211 e. The molecule has 0 amide bonds. The average Bonchev–Trinajstić information content (AvgIpc) is 3.15. The van der Waals surface area contributed by atoms with Gasteiger partial charge in [-0.2, -0.15) is 10.2 Å². The molecule has 0 radical (unpaired) electrons. The van der Waals surface area contributed by atoms with Gasteiger partial charge in [0.15, 0.2) is 5.82 Å². The van der Waals surface area contributed by atoms with Gasteiger partial charge in [0.05, 0.1) is 17.8 Å². The number of aromatic nitrogens is 7. The van der Waals surface area contributed by atoms with Crippen LogP contribution >= 0.6 is 0 Å². The standard InChI is InChI=1S/C13H11N9/c1-21-11-10(8-15-21)13-17-19-20-22(13)18-12(11)16-14-7-9-5-3-2-4-6-9/h2-8H,1H3,(H,16,18)/b14-7+. The SMILES string of the molecule is Cn1ncc2c1c(N/N=C/c1ccccc1)nn1nnnc21. The molecule has 9 heteroatoms. The van der Waals surface area contributed by atoms with Crippen LogP contribution in [0.15, 0.2) is 41.6 Å². The predicted molar refractivity (Wildman–Crippen MR) is 80.5 cm³/mol. The second-order valence-corrected chi connectivity index (χ2v) is 4.65. The van der Waals surface area contributed by atoms with Crippen LogP contribution in [0, 0.1) is 0 Å². The smallest absolute Gasteiger partial charge is 0.211 e. The van der Waals surface area contributed by atoms with Crippen molar-refractivity contribution in [2.45, 2.75) is 0 Å². The zero-order chi connectivity index (χ0) is 14.9. The van der Waals surface area contributed by atoms with Crippen LogP contribution in [0.2, 0.25) is 0 Å². The summed E-state index contributed by atoms with van der Waals surface area (Å²) in [7, 11) is 1.83. The molecule has 0 saturated carbocycles. The van der Waals surface area contributed by atoms with Gasteiger partial charge in [0.25, 0.3) is 0 Å². The van der Waals surface area contributed by atoms with Crippen molar-refractivity contribution < 1.29 is 0 Å². The fraction of sp³-hybridized carbons (Fsp3) is 0.0769. The number of nitrogens with zero attached hydrogens (tertiary/aromatic N) is 8. The van der Waals surface area contributed by atoms with E-state index >= 15 is 0 Å². The van der Waals surface area contributed by atoms with Crippen LogP contribution in [-0.4, -0.2) is 41.2 Å². The third-order valence-corrected chi connectivity index (χ3v) is 3.24. The highest BCUT2D eigenvalue weighted by atomic mass is 15.6. The molecule has 0 bridgehead atoms. The first kappa shape index (κ1) is 12.4. The van der Waals surface area contributed by atoms with Gasteiger partial charge in [0.2, 0.25) is 5.65 Å². The van der Waals surface area contributed by atoms with Gasteiger partial charge in [-0.05, 0) is 16.0 Å². The molecule has 0 spiro atoms. The van der Waals surface area contributed by atoms with Crippen LogP contribution in [0.1, 0.15) is 5.56 Å². The van der Waals surface area contributed by atoms with Crippen LogP contribution in [0.3, 0.4) is 0 Å². The summed E-state index contributed by atoms with van der Waals surface area (Å²) in [5.41, 5.74) is 5.25. The van der Waals surface area contributed by atoms with Crippen LogP contribution in [0.4, 0.5) is 5.82 Å². The third-order valence-electron chi connectivity index (χ3n) is 3.24. The number of benzene rings is 1. The third kappa shape index (κ3) is 1.95. The lowest BCUT2D eigenvalue weighted by molar-refractivity contribution is 0.733. The zero-order valence-corrected chi connectivity index (χ0v) is 11.6. The van der Waals surface area contributed by atoms with Crippen LogP contribution in [0.5, 0.6) is 0 Å². The second-order valence-electron chi connectivity index (χ2n) is 4.65. The summed E-state index contributed by atoms with van der Waals surface area (Å²) >= 11 is 0. The molecular weight excluding hydrogens is 282 g/mol. The summed E-state index contributed by atoms with van der Waals surface area (Å²) in [6.45, 7) is 0. The zero-order valence-electron chi connectivity index (χ0n) is 11.6. The van der Waals surface area contributed by atoms with Gasteiger partial charge < -0.3 is 0 Å². The molecule has 0 saturated heterocycles. The summed E-state index contributed by atoms with van der Waals surface area (Å²) in [5.74, 6) is 0.530. The molecule has 4 rings (SSSR count).